The fourth-order valence-corrected chi connectivity index (χ4v) is 6.11. The second-order valence-corrected chi connectivity index (χ2v) is 11.3. The highest BCUT2D eigenvalue weighted by molar-refractivity contribution is 9.10. The summed E-state index contributed by atoms with van der Waals surface area (Å²) in [5, 5.41) is 2.46. The predicted octanol–water partition coefficient (Wildman–Crippen LogP) is 8.05. The fraction of sp³-hybridized carbons (Fsp3) is 0. The van der Waals surface area contributed by atoms with Gasteiger partial charge in [0.2, 0.25) is 9.84 Å². The van der Waals surface area contributed by atoms with Gasteiger partial charge in [-0.25, -0.2) is 8.42 Å². The van der Waals surface area contributed by atoms with Gasteiger partial charge in [0.05, 0.1) is 20.8 Å². The zero-order valence-electron chi connectivity index (χ0n) is 18.6. The highest BCUT2D eigenvalue weighted by Crippen LogP contribution is 2.33. The van der Waals surface area contributed by atoms with Gasteiger partial charge in [-0.3, -0.25) is 0 Å². The van der Waals surface area contributed by atoms with Gasteiger partial charge in [0.15, 0.2) is 0 Å². The number of nitrogens with zero attached hydrogens (tertiary/aromatic N) is 1. The van der Waals surface area contributed by atoms with Gasteiger partial charge in [-0.15, -0.1) is 0 Å². The summed E-state index contributed by atoms with van der Waals surface area (Å²) in [6.45, 7) is 0. The van der Waals surface area contributed by atoms with Gasteiger partial charge in [0.1, 0.15) is 0 Å². The summed E-state index contributed by atoms with van der Waals surface area (Å²) in [7, 11) is -3.56. The minimum atomic E-state index is -3.56. The molecule has 170 valence electrons. The van der Waals surface area contributed by atoms with Crippen molar-refractivity contribution in [1.29, 1.82) is 0 Å². The fourth-order valence-electron chi connectivity index (χ4n) is 4.58. The summed E-state index contributed by atoms with van der Waals surface area (Å²) >= 11 is 3.35. The van der Waals surface area contributed by atoms with Crippen molar-refractivity contribution in [3.8, 4) is 16.8 Å². The van der Waals surface area contributed by atoms with E-state index in [1.165, 1.54) is 21.8 Å². The van der Waals surface area contributed by atoms with Crippen molar-refractivity contribution in [3.05, 3.63) is 126 Å². The smallest absolute Gasteiger partial charge is 0.206 e. The van der Waals surface area contributed by atoms with Crippen molar-refractivity contribution in [2.75, 3.05) is 0 Å². The Bertz CT molecular complexity index is 1730. The standard InChI is InChI=1S/C30H20BrNO2S/c31-23-13-19-26(20-14-23)35(33,34)25-17-11-22(12-18-25)21-9-15-24(16-10-21)32-29-7-3-1-5-27(29)28-6-2-4-8-30(28)32/h1-20H. The molecule has 35 heavy (non-hydrogen) atoms. The monoisotopic (exact) mass is 537 g/mol. The van der Waals surface area contributed by atoms with Gasteiger partial charge < -0.3 is 4.57 Å². The first kappa shape index (κ1) is 21.8. The quantitative estimate of drug-likeness (QED) is 0.228. The van der Waals surface area contributed by atoms with Crippen LogP contribution >= 0.6 is 15.9 Å². The molecule has 0 amide bonds. The van der Waals surface area contributed by atoms with Crippen molar-refractivity contribution in [2.45, 2.75) is 9.79 Å². The van der Waals surface area contributed by atoms with Gasteiger partial charge in [-0.1, -0.05) is 76.6 Å². The molecular weight excluding hydrogens is 518 g/mol. The van der Waals surface area contributed by atoms with E-state index in [9.17, 15) is 8.42 Å². The Hall–Kier alpha value is -3.67. The molecule has 0 radical (unpaired) electrons. The minimum absolute atomic E-state index is 0.281. The average Bonchev–Trinajstić information content (AvgIpc) is 3.24. The summed E-state index contributed by atoms with van der Waals surface area (Å²) in [6, 6.07) is 39.0. The number of para-hydroxylation sites is 2. The Morgan fingerprint density at radius 1 is 0.514 bits per heavy atom. The number of rotatable bonds is 4. The van der Waals surface area contributed by atoms with Crippen LogP contribution in [0.3, 0.4) is 0 Å². The molecule has 0 spiro atoms. The summed E-state index contributed by atoms with van der Waals surface area (Å²) in [4.78, 5) is 0.564. The van der Waals surface area contributed by atoms with E-state index < -0.39 is 9.84 Å². The zero-order chi connectivity index (χ0) is 24.0. The van der Waals surface area contributed by atoms with Crippen molar-refractivity contribution in [2.24, 2.45) is 0 Å². The number of hydrogen-bond donors (Lipinski definition) is 0. The van der Waals surface area contributed by atoms with E-state index in [-0.39, 0.29) is 9.79 Å². The lowest BCUT2D eigenvalue weighted by Crippen LogP contribution is -2.01. The number of sulfone groups is 1. The molecule has 0 aliphatic rings. The van der Waals surface area contributed by atoms with E-state index in [0.717, 1.165) is 21.3 Å². The Labute approximate surface area is 212 Å². The van der Waals surface area contributed by atoms with E-state index in [4.69, 9.17) is 0 Å². The summed E-state index contributed by atoms with van der Waals surface area (Å²) < 4.78 is 29.1. The molecule has 0 saturated carbocycles. The molecule has 5 heteroatoms. The Morgan fingerprint density at radius 2 is 0.943 bits per heavy atom. The molecule has 0 aliphatic carbocycles. The molecule has 0 bridgehead atoms. The van der Waals surface area contributed by atoms with E-state index in [0.29, 0.717) is 0 Å². The molecule has 0 aliphatic heterocycles. The van der Waals surface area contributed by atoms with Crippen LogP contribution in [-0.2, 0) is 9.84 Å². The number of fused-ring (bicyclic) bond motifs is 3. The first-order valence-corrected chi connectivity index (χ1v) is 13.5. The normalized spacial score (nSPS) is 11.8. The molecule has 0 atom stereocenters. The third kappa shape index (κ3) is 3.77. The first-order chi connectivity index (χ1) is 17.0. The number of aromatic nitrogens is 1. The molecule has 6 rings (SSSR count). The van der Waals surface area contributed by atoms with E-state index >= 15 is 0 Å². The number of halogens is 1. The lowest BCUT2D eigenvalue weighted by molar-refractivity contribution is 0.596. The molecule has 1 aromatic heterocycles. The van der Waals surface area contributed by atoms with E-state index in [2.05, 4.69) is 93.3 Å². The van der Waals surface area contributed by atoms with Crippen LogP contribution in [0.1, 0.15) is 0 Å². The zero-order valence-corrected chi connectivity index (χ0v) is 21.0. The van der Waals surface area contributed by atoms with Gasteiger partial charge in [-0.05, 0) is 71.8 Å². The molecule has 1 heterocycles. The second-order valence-electron chi connectivity index (χ2n) is 8.40. The maximum absolute atomic E-state index is 13.0. The Balaban J connectivity index is 1.35. The predicted molar refractivity (Wildman–Crippen MR) is 146 cm³/mol. The van der Waals surface area contributed by atoms with Crippen LogP contribution in [0.4, 0.5) is 0 Å². The molecule has 0 fully saturated rings. The van der Waals surface area contributed by atoms with Gasteiger partial charge in [0, 0.05) is 20.9 Å². The average molecular weight is 538 g/mol. The Kier molecular flexibility index (Phi) is 5.32. The van der Waals surface area contributed by atoms with Crippen LogP contribution in [0, 0.1) is 0 Å². The molecule has 0 saturated heterocycles. The van der Waals surface area contributed by atoms with Crippen LogP contribution in [0.15, 0.2) is 136 Å². The lowest BCUT2D eigenvalue weighted by atomic mass is 10.1. The van der Waals surface area contributed by atoms with E-state index in [1.807, 2.05) is 12.1 Å². The van der Waals surface area contributed by atoms with Gasteiger partial charge in [-0.2, -0.15) is 0 Å². The maximum atomic E-state index is 13.0. The molecule has 0 unspecified atom stereocenters. The summed E-state index contributed by atoms with van der Waals surface area (Å²) in [6.07, 6.45) is 0. The molecule has 5 aromatic carbocycles. The first-order valence-electron chi connectivity index (χ1n) is 11.2. The van der Waals surface area contributed by atoms with Crippen LogP contribution in [-0.4, -0.2) is 13.0 Å². The van der Waals surface area contributed by atoms with Gasteiger partial charge in [0.25, 0.3) is 0 Å². The maximum Gasteiger partial charge on any atom is 0.206 e. The van der Waals surface area contributed by atoms with Crippen LogP contribution in [0.5, 0.6) is 0 Å². The van der Waals surface area contributed by atoms with E-state index in [1.54, 1.807) is 36.4 Å². The SMILES string of the molecule is O=S(=O)(c1ccc(Br)cc1)c1ccc(-c2ccc(-n3c4ccccc4c4ccccc43)cc2)cc1. The largest absolute Gasteiger partial charge is 0.309 e. The molecule has 6 aromatic rings. The summed E-state index contributed by atoms with van der Waals surface area (Å²) in [5.41, 5.74) is 5.42. The topological polar surface area (TPSA) is 39.1 Å². The van der Waals surface area contributed by atoms with Crippen molar-refractivity contribution in [1.82, 2.24) is 4.57 Å². The lowest BCUT2D eigenvalue weighted by Gasteiger charge is -2.10. The molecule has 3 nitrogen and oxygen atoms in total. The van der Waals surface area contributed by atoms with Crippen LogP contribution < -0.4 is 0 Å². The summed E-state index contributed by atoms with van der Waals surface area (Å²) in [5.74, 6) is 0. The van der Waals surface area contributed by atoms with Crippen molar-refractivity contribution < 1.29 is 8.42 Å². The van der Waals surface area contributed by atoms with Crippen LogP contribution in [0.2, 0.25) is 0 Å². The highest BCUT2D eigenvalue weighted by Gasteiger charge is 2.17. The number of benzene rings is 5. The third-order valence-corrected chi connectivity index (χ3v) is 8.64. The van der Waals surface area contributed by atoms with Gasteiger partial charge >= 0.3 is 0 Å². The van der Waals surface area contributed by atoms with Crippen LogP contribution in [0.25, 0.3) is 38.6 Å². The minimum Gasteiger partial charge on any atom is -0.309 e. The third-order valence-electron chi connectivity index (χ3n) is 6.33. The van der Waals surface area contributed by atoms with Crippen molar-refractivity contribution in [3.63, 3.8) is 0 Å². The number of hydrogen-bond acceptors (Lipinski definition) is 2. The van der Waals surface area contributed by atoms with Crippen molar-refractivity contribution >= 4 is 47.6 Å². The highest BCUT2D eigenvalue weighted by atomic mass is 79.9. The second kappa shape index (κ2) is 8.52. The molecular formula is C30H20BrNO2S. The Morgan fingerprint density at radius 3 is 1.46 bits per heavy atom. The molecule has 0 N–H and O–H groups in total.